The Morgan fingerprint density at radius 2 is 0.925 bits per heavy atom. The third-order valence-corrected chi connectivity index (χ3v) is 4.32. The van der Waals surface area contributed by atoms with Crippen molar-refractivity contribution in [3.63, 3.8) is 0 Å². The van der Waals surface area contributed by atoms with Gasteiger partial charge in [-0.2, -0.15) is 63.4 Å². The van der Waals surface area contributed by atoms with Gasteiger partial charge in [-0.05, 0) is 33.9 Å². The van der Waals surface area contributed by atoms with Crippen molar-refractivity contribution in [1.29, 1.82) is 0 Å². The van der Waals surface area contributed by atoms with E-state index in [-0.39, 0.29) is 51.6 Å². The first-order valence-electron chi connectivity index (χ1n) is 10.4. The number of hydrogen-bond donors (Lipinski definition) is 2. The van der Waals surface area contributed by atoms with Gasteiger partial charge in [0.05, 0.1) is 0 Å². The quantitative estimate of drug-likeness (QED) is 0.114. The normalized spacial score (nSPS) is 10.2. The molecule has 0 aliphatic rings. The maximum atomic E-state index is 12.6. The molecule has 4 aromatic rings. The van der Waals surface area contributed by atoms with Gasteiger partial charge >= 0.3 is 12.4 Å². The predicted molar refractivity (Wildman–Crippen MR) is 129 cm³/mol. The van der Waals surface area contributed by atoms with Gasteiger partial charge in [-0.15, -0.1) is 12.1 Å². The Morgan fingerprint density at radius 3 is 1.18 bits per heavy atom. The van der Waals surface area contributed by atoms with Gasteiger partial charge in [-0.1, -0.05) is 12.1 Å². The Morgan fingerprint density at radius 1 is 0.650 bits per heavy atom. The molecule has 2 N–H and O–H groups in total. The number of fused-ring (bicyclic) bond motifs is 2. The fourth-order valence-electron chi connectivity index (χ4n) is 2.96. The molecule has 0 bridgehead atoms. The van der Waals surface area contributed by atoms with E-state index >= 15 is 0 Å². The van der Waals surface area contributed by atoms with E-state index in [1.165, 1.54) is 48.8 Å². The fourth-order valence-corrected chi connectivity index (χ4v) is 2.96. The van der Waals surface area contributed by atoms with Crippen LogP contribution in [0.4, 0.5) is 26.3 Å². The molecule has 0 saturated heterocycles. The van der Waals surface area contributed by atoms with Crippen LogP contribution in [0, 0.1) is 13.8 Å². The molecule has 0 fully saturated rings. The number of carboxylic acid groups (broad SMARTS) is 2. The molecule has 14 heteroatoms. The third-order valence-electron chi connectivity index (χ3n) is 4.32. The van der Waals surface area contributed by atoms with Crippen LogP contribution in [0.2, 0.25) is 0 Å². The first-order valence-corrected chi connectivity index (χ1v) is 10.4. The Hall–Kier alpha value is -3.16. The van der Waals surface area contributed by atoms with Gasteiger partial charge in [0.2, 0.25) is 0 Å². The van der Waals surface area contributed by atoms with Crippen LogP contribution in [0.3, 0.4) is 0 Å². The van der Waals surface area contributed by atoms with Gasteiger partial charge in [0, 0.05) is 78.2 Å². The second-order valence-corrected chi connectivity index (χ2v) is 7.38. The second-order valence-electron chi connectivity index (χ2n) is 7.38. The molecular formula is C26H22F6N2O4Pd2-2. The van der Waals surface area contributed by atoms with Crippen molar-refractivity contribution in [1.82, 2.24) is 9.97 Å². The van der Waals surface area contributed by atoms with E-state index in [9.17, 15) is 26.3 Å². The molecule has 0 atom stereocenters. The summed E-state index contributed by atoms with van der Waals surface area (Å²) in [4.78, 5) is 25.8. The van der Waals surface area contributed by atoms with Crippen molar-refractivity contribution in [3.05, 3.63) is 97.0 Å². The smallest absolute Gasteiger partial charge is 0.415 e. The second kappa shape index (κ2) is 16.8. The summed E-state index contributed by atoms with van der Waals surface area (Å²) in [5.41, 5.74) is 0.257. The van der Waals surface area contributed by atoms with Gasteiger partial charge in [-0.3, -0.25) is 9.59 Å². The molecule has 224 valence electrons. The van der Waals surface area contributed by atoms with E-state index in [1.807, 2.05) is 0 Å². The number of aromatic nitrogens is 2. The number of pyridine rings is 2. The Balaban J connectivity index is 0. The number of benzene rings is 2. The average molecular weight is 753 g/mol. The van der Waals surface area contributed by atoms with Crippen LogP contribution < -0.4 is 0 Å². The van der Waals surface area contributed by atoms with Gasteiger partial charge in [0.25, 0.3) is 11.9 Å². The summed E-state index contributed by atoms with van der Waals surface area (Å²) in [5, 5.41) is 15.0. The molecule has 0 aliphatic heterocycles. The molecule has 0 unspecified atom stereocenters. The van der Waals surface area contributed by atoms with Crippen molar-refractivity contribution in [3.8, 4) is 0 Å². The van der Waals surface area contributed by atoms with E-state index < -0.39 is 35.4 Å². The van der Waals surface area contributed by atoms with Gasteiger partial charge in [-0.25, -0.2) is 0 Å². The number of rotatable bonds is 0. The van der Waals surface area contributed by atoms with E-state index in [0.29, 0.717) is 22.2 Å². The van der Waals surface area contributed by atoms with E-state index in [1.54, 1.807) is 0 Å². The SMILES string of the molecule is CC(=O)O.CC(=O)O.[CH2-]c1ccc(C(F)(F)F)c2cccnc12.[CH2-]c1ccc(C(F)(F)F)c2cccnc12.[Pd].[Pd]. The maximum absolute atomic E-state index is 12.6. The van der Waals surface area contributed by atoms with Crippen LogP contribution >= 0.6 is 0 Å². The number of nitrogens with zero attached hydrogens (tertiary/aromatic N) is 2. The van der Waals surface area contributed by atoms with Crippen LogP contribution in [0.1, 0.15) is 36.1 Å². The fraction of sp³-hybridized carbons (Fsp3) is 0.154. The molecule has 2 aromatic carbocycles. The van der Waals surface area contributed by atoms with E-state index in [4.69, 9.17) is 19.8 Å². The van der Waals surface area contributed by atoms with Crippen LogP contribution in [-0.4, -0.2) is 32.1 Å². The van der Waals surface area contributed by atoms with Crippen LogP contribution in [-0.2, 0) is 62.8 Å². The van der Waals surface area contributed by atoms with Crippen LogP contribution in [0.5, 0.6) is 0 Å². The zero-order chi connectivity index (χ0) is 29.3. The van der Waals surface area contributed by atoms with E-state index in [0.717, 1.165) is 26.0 Å². The third kappa shape index (κ3) is 12.4. The van der Waals surface area contributed by atoms with Crippen molar-refractivity contribution in [2.45, 2.75) is 26.2 Å². The van der Waals surface area contributed by atoms with Crippen molar-refractivity contribution >= 4 is 33.7 Å². The minimum absolute atomic E-state index is 0. The molecule has 40 heavy (non-hydrogen) atoms. The summed E-state index contributed by atoms with van der Waals surface area (Å²) in [6, 6.07) is 10.5. The predicted octanol–water partition coefficient (Wildman–Crippen LogP) is 7.05. The molecule has 2 aromatic heterocycles. The average Bonchev–Trinajstić information content (AvgIpc) is 2.78. The number of alkyl halides is 6. The molecular weight excluding hydrogens is 731 g/mol. The molecule has 2 heterocycles. The molecule has 0 saturated carbocycles. The number of carbonyl (C=O) groups is 2. The van der Waals surface area contributed by atoms with E-state index in [2.05, 4.69) is 23.8 Å². The zero-order valence-corrected chi connectivity index (χ0v) is 23.8. The monoisotopic (exact) mass is 752 g/mol. The Bertz CT molecular complexity index is 1300. The molecule has 0 radical (unpaired) electrons. The maximum Gasteiger partial charge on any atom is 0.415 e. The van der Waals surface area contributed by atoms with Gasteiger partial charge < -0.3 is 20.2 Å². The zero-order valence-electron chi connectivity index (χ0n) is 20.7. The summed E-state index contributed by atoms with van der Waals surface area (Å²) in [5.74, 6) is -1.67. The molecule has 0 aliphatic carbocycles. The number of carboxylic acids is 2. The summed E-state index contributed by atoms with van der Waals surface area (Å²) < 4.78 is 75.6. The largest absolute Gasteiger partial charge is 0.481 e. The topological polar surface area (TPSA) is 100 Å². The first kappa shape index (κ1) is 39.0. The minimum Gasteiger partial charge on any atom is -0.481 e. The van der Waals surface area contributed by atoms with Crippen molar-refractivity contribution in [2.75, 3.05) is 0 Å². The minimum atomic E-state index is -4.35. The number of halogens is 6. The first-order chi connectivity index (χ1) is 17.5. The summed E-state index contributed by atoms with van der Waals surface area (Å²) in [7, 11) is 0. The number of hydrogen-bond acceptors (Lipinski definition) is 4. The Kier molecular flexibility index (Phi) is 16.4. The number of aliphatic carboxylic acids is 2. The molecule has 0 spiro atoms. The summed E-state index contributed by atoms with van der Waals surface area (Å²) in [6.45, 7) is 9.45. The Labute approximate surface area is 253 Å². The van der Waals surface area contributed by atoms with Gasteiger partial charge in [0.1, 0.15) is 0 Å². The van der Waals surface area contributed by atoms with Gasteiger partial charge in [0.15, 0.2) is 0 Å². The molecule has 0 amide bonds. The molecule has 6 nitrogen and oxygen atoms in total. The standard InChI is InChI=1S/2C11H7F3N.2C2H4O2.2Pd/c2*1-7-4-5-9(11(12,13)14)8-3-2-6-15-10(7)8;2*1-2(3)4;;/h2*2-6H,1H2;2*1H3,(H,3,4);;/q2*-1;;;;. The summed E-state index contributed by atoms with van der Waals surface area (Å²) in [6.07, 6.45) is -5.79. The van der Waals surface area contributed by atoms with Crippen LogP contribution in [0.25, 0.3) is 21.8 Å². The van der Waals surface area contributed by atoms with Crippen molar-refractivity contribution < 1.29 is 87.0 Å². The molecule has 4 rings (SSSR count). The summed E-state index contributed by atoms with van der Waals surface area (Å²) >= 11 is 0. The van der Waals surface area contributed by atoms with Crippen LogP contribution in [0.15, 0.2) is 60.9 Å². The van der Waals surface area contributed by atoms with Crippen molar-refractivity contribution in [2.24, 2.45) is 0 Å².